The zero-order chi connectivity index (χ0) is 8.55. The van der Waals surface area contributed by atoms with Crippen molar-refractivity contribution in [3.63, 3.8) is 0 Å². The molecule has 12 heavy (non-hydrogen) atoms. The largest absolute Gasteiger partial charge is 0.298 e. The maximum absolute atomic E-state index is 10.5. The molecule has 0 aliphatic heterocycles. The van der Waals surface area contributed by atoms with Crippen molar-refractivity contribution in [2.45, 2.75) is 6.92 Å². The third kappa shape index (κ3) is 0.887. The van der Waals surface area contributed by atoms with E-state index in [-0.39, 0.29) is 0 Å². The molecule has 0 radical (unpaired) electrons. The summed E-state index contributed by atoms with van der Waals surface area (Å²) in [7, 11) is 0. The van der Waals surface area contributed by atoms with Crippen LogP contribution in [0.1, 0.15) is 15.9 Å². The van der Waals surface area contributed by atoms with Crippen LogP contribution in [-0.4, -0.2) is 21.1 Å². The van der Waals surface area contributed by atoms with Gasteiger partial charge in [0.1, 0.15) is 0 Å². The Morgan fingerprint density at radius 2 is 2.17 bits per heavy atom. The van der Waals surface area contributed by atoms with Crippen LogP contribution in [0.4, 0.5) is 0 Å². The number of aryl methyl sites for hydroxylation is 1. The molecule has 0 aliphatic rings. The fourth-order valence-corrected chi connectivity index (χ4v) is 1.08. The van der Waals surface area contributed by atoms with Gasteiger partial charge in [0.25, 0.3) is 0 Å². The summed E-state index contributed by atoms with van der Waals surface area (Å²) in [5, 5.41) is 7.90. The zero-order valence-corrected chi connectivity index (χ0v) is 6.56. The van der Waals surface area contributed by atoms with Gasteiger partial charge < -0.3 is 0 Å². The van der Waals surface area contributed by atoms with E-state index >= 15 is 0 Å². The summed E-state index contributed by atoms with van der Waals surface area (Å²) in [5.41, 5.74) is 2.35. The smallest absolute Gasteiger partial charge is 0.153 e. The minimum absolute atomic E-state index is 0.575. The SMILES string of the molecule is Cc1cnn2ncc(C=O)c2c1. The Morgan fingerprint density at radius 1 is 1.42 bits per heavy atom. The van der Waals surface area contributed by atoms with Gasteiger partial charge in [-0.25, -0.2) is 0 Å². The van der Waals surface area contributed by atoms with Crippen LogP contribution in [0.2, 0.25) is 0 Å². The molecule has 60 valence electrons. The van der Waals surface area contributed by atoms with Crippen LogP contribution in [0.5, 0.6) is 0 Å². The number of carbonyl (C=O) groups excluding carboxylic acids is 1. The molecule has 2 rings (SSSR count). The minimum atomic E-state index is 0.575. The van der Waals surface area contributed by atoms with Crippen molar-refractivity contribution in [1.29, 1.82) is 0 Å². The molecule has 4 heteroatoms. The zero-order valence-electron chi connectivity index (χ0n) is 6.56. The first-order valence-electron chi connectivity index (χ1n) is 3.57. The number of fused-ring (bicyclic) bond motifs is 1. The normalized spacial score (nSPS) is 10.4. The predicted molar refractivity (Wildman–Crippen MR) is 43.1 cm³/mol. The molecule has 0 saturated carbocycles. The summed E-state index contributed by atoms with van der Waals surface area (Å²) in [4.78, 5) is 10.5. The van der Waals surface area contributed by atoms with Crippen molar-refractivity contribution in [3.05, 3.63) is 29.6 Å². The molecule has 2 heterocycles. The number of hydrogen-bond donors (Lipinski definition) is 0. The summed E-state index contributed by atoms with van der Waals surface area (Å²) in [6, 6.07) is 1.88. The Hall–Kier alpha value is -1.71. The monoisotopic (exact) mass is 161 g/mol. The second-order valence-electron chi connectivity index (χ2n) is 2.63. The molecule has 0 saturated heterocycles. The van der Waals surface area contributed by atoms with E-state index in [1.165, 1.54) is 10.8 Å². The number of nitrogens with zero attached hydrogens (tertiary/aromatic N) is 3. The van der Waals surface area contributed by atoms with Crippen molar-refractivity contribution in [1.82, 2.24) is 14.8 Å². The van der Waals surface area contributed by atoms with Crippen LogP contribution in [-0.2, 0) is 0 Å². The van der Waals surface area contributed by atoms with Gasteiger partial charge in [-0.1, -0.05) is 0 Å². The van der Waals surface area contributed by atoms with E-state index in [1.807, 2.05) is 13.0 Å². The molecule has 4 nitrogen and oxygen atoms in total. The van der Waals surface area contributed by atoms with Gasteiger partial charge in [0.2, 0.25) is 0 Å². The molecule has 2 aromatic heterocycles. The first-order valence-corrected chi connectivity index (χ1v) is 3.57. The highest BCUT2D eigenvalue weighted by molar-refractivity contribution is 5.85. The van der Waals surface area contributed by atoms with E-state index in [1.54, 1.807) is 6.20 Å². The van der Waals surface area contributed by atoms with E-state index in [2.05, 4.69) is 10.2 Å². The van der Waals surface area contributed by atoms with Crippen LogP contribution >= 0.6 is 0 Å². The maximum Gasteiger partial charge on any atom is 0.153 e. The fourth-order valence-electron chi connectivity index (χ4n) is 1.08. The highest BCUT2D eigenvalue weighted by Gasteiger charge is 2.02. The molecular formula is C8H7N3O. The Labute approximate surface area is 68.8 Å². The van der Waals surface area contributed by atoms with Crippen LogP contribution in [0, 0.1) is 6.92 Å². The lowest BCUT2D eigenvalue weighted by molar-refractivity contribution is 0.112. The van der Waals surface area contributed by atoms with Crippen molar-refractivity contribution in [2.24, 2.45) is 0 Å². The molecule has 0 N–H and O–H groups in total. The lowest BCUT2D eigenvalue weighted by atomic mass is 10.2. The van der Waals surface area contributed by atoms with E-state index in [9.17, 15) is 4.79 Å². The second kappa shape index (κ2) is 2.41. The van der Waals surface area contributed by atoms with Gasteiger partial charge in [-0.05, 0) is 18.6 Å². The van der Waals surface area contributed by atoms with E-state index < -0.39 is 0 Å². The molecule has 0 fully saturated rings. The Bertz CT molecular complexity index is 433. The number of aromatic nitrogens is 3. The third-order valence-electron chi connectivity index (χ3n) is 1.68. The second-order valence-corrected chi connectivity index (χ2v) is 2.63. The summed E-state index contributed by atoms with van der Waals surface area (Å²) in [6.07, 6.45) is 3.99. The predicted octanol–water partition coefficient (Wildman–Crippen LogP) is 0.850. The first kappa shape index (κ1) is 6.97. The molecule has 0 bridgehead atoms. The highest BCUT2D eigenvalue weighted by Crippen LogP contribution is 2.07. The van der Waals surface area contributed by atoms with Crippen molar-refractivity contribution < 1.29 is 4.79 Å². The van der Waals surface area contributed by atoms with Crippen molar-refractivity contribution in [3.8, 4) is 0 Å². The standard InChI is InChI=1S/C8H7N3O/c1-6-2-8-7(5-12)4-10-11(8)9-3-6/h2-5H,1H3. The number of rotatable bonds is 1. The Kier molecular flexibility index (Phi) is 1.40. The maximum atomic E-state index is 10.5. The molecule has 0 aliphatic carbocycles. The molecule has 2 aromatic rings. The summed E-state index contributed by atoms with van der Waals surface area (Å²) in [6.45, 7) is 1.93. The van der Waals surface area contributed by atoms with Crippen molar-refractivity contribution >= 4 is 11.8 Å². The highest BCUT2D eigenvalue weighted by atomic mass is 16.1. The van der Waals surface area contributed by atoms with Gasteiger partial charge in [0.05, 0.1) is 23.5 Å². The molecule has 0 aromatic carbocycles. The van der Waals surface area contributed by atoms with Gasteiger partial charge in [0.15, 0.2) is 6.29 Å². The quantitative estimate of drug-likeness (QED) is 0.582. The summed E-state index contributed by atoms with van der Waals surface area (Å²) in [5.74, 6) is 0. The number of carbonyl (C=O) groups is 1. The summed E-state index contributed by atoms with van der Waals surface area (Å²) < 4.78 is 1.44. The number of aldehydes is 1. The van der Waals surface area contributed by atoms with E-state index in [0.717, 1.165) is 17.4 Å². The molecule has 0 spiro atoms. The van der Waals surface area contributed by atoms with Crippen LogP contribution in [0.3, 0.4) is 0 Å². The number of hydrogen-bond acceptors (Lipinski definition) is 3. The Balaban J connectivity index is 2.83. The average molecular weight is 161 g/mol. The lowest BCUT2D eigenvalue weighted by Crippen LogP contribution is -1.93. The summed E-state index contributed by atoms with van der Waals surface area (Å²) >= 11 is 0. The topological polar surface area (TPSA) is 47.3 Å². The fraction of sp³-hybridized carbons (Fsp3) is 0.125. The van der Waals surface area contributed by atoms with Gasteiger partial charge in [0, 0.05) is 0 Å². The van der Waals surface area contributed by atoms with Crippen molar-refractivity contribution in [2.75, 3.05) is 0 Å². The first-order chi connectivity index (χ1) is 5.81. The van der Waals surface area contributed by atoms with Crippen LogP contribution in [0.15, 0.2) is 18.5 Å². The van der Waals surface area contributed by atoms with Crippen LogP contribution < -0.4 is 0 Å². The van der Waals surface area contributed by atoms with Gasteiger partial charge in [-0.3, -0.25) is 4.79 Å². The van der Waals surface area contributed by atoms with Gasteiger partial charge >= 0.3 is 0 Å². The molecular weight excluding hydrogens is 154 g/mol. The molecule has 0 atom stereocenters. The third-order valence-corrected chi connectivity index (χ3v) is 1.68. The minimum Gasteiger partial charge on any atom is -0.298 e. The average Bonchev–Trinajstić information content (AvgIpc) is 2.46. The molecule has 0 unspecified atom stereocenters. The Morgan fingerprint density at radius 3 is 2.92 bits per heavy atom. The van der Waals surface area contributed by atoms with E-state index in [4.69, 9.17) is 0 Å². The van der Waals surface area contributed by atoms with Gasteiger partial charge in [-0.2, -0.15) is 14.8 Å². The van der Waals surface area contributed by atoms with E-state index in [0.29, 0.717) is 5.56 Å². The molecule has 0 amide bonds. The van der Waals surface area contributed by atoms with Gasteiger partial charge in [-0.15, -0.1) is 0 Å². The van der Waals surface area contributed by atoms with Crippen LogP contribution in [0.25, 0.3) is 5.52 Å². The lowest BCUT2D eigenvalue weighted by Gasteiger charge is -1.92.